The van der Waals surface area contributed by atoms with Crippen LogP contribution < -0.4 is 15.9 Å². The fraction of sp³-hybridized carbons (Fsp3) is 0.167. The molecule has 3 rings (SSSR count). The van der Waals surface area contributed by atoms with Gasteiger partial charge < -0.3 is 15.9 Å². The summed E-state index contributed by atoms with van der Waals surface area (Å²) in [7, 11) is 0. The summed E-state index contributed by atoms with van der Waals surface area (Å²) in [6, 6.07) is 12.6. The Balaban J connectivity index is 1.59. The average Bonchev–Trinajstić information content (AvgIpc) is 3.03. The van der Waals surface area contributed by atoms with E-state index in [1.807, 2.05) is 0 Å². The molecule has 7 nitrogen and oxygen atoms in total. The Bertz CT molecular complexity index is 967. The molecule has 0 saturated heterocycles. The van der Waals surface area contributed by atoms with Crippen LogP contribution >= 0.6 is 23.4 Å². The quantitative estimate of drug-likeness (QED) is 0.448. The summed E-state index contributed by atoms with van der Waals surface area (Å²) in [5.41, 5.74) is 0.532. The molecule has 1 amide bonds. The van der Waals surface area contributed by atoms with Gasteiger partial charge in [0.2, 0.25) is 11.1 Å². The number of carbonyl (C=O) groups is 1. The normalized spacial score (nSPS) is 11.8. The van der Waals surface area contributed by atoms with Crippen molar-refractivity contribution in [2.75, 3.05) is 11.2 Å². The molecule has 146 valence electrons. The first-order valence-electron chi connectivity index (χ1n) is 8.24. The van der Waals surface area contributed by atoms with Crippen LogP contribution in [0.25, 0.3) is 0 Å². The molecule has 0 radical (unpaired) electrons. The van der Waals surface area contributed by atoms with Crippen LogP contribution in [0.2, 0.25) is 5.02 Å². The maximum Gasteiger partial charge on any atom is 0.237 e. The Morgan fingerprint density at radius 2 is 2.00 bits per heavy atom. The van der Waals surface area contributed by atoms with Gasteiger partial charge >= 0.3 is 0 Å². The molecule has 1 atom stereocenters. The molecule has 3 aromatic rings. The smallest absolute Gasteiger partial charge is 0.237 e. The molecule has 0 fully saturated rings. The number of carbonyl (C=O) groups excluding carboxylic acids is 1. The highest BCUT2D eigenvalue weighted by Crippen LogP contribution is 2.25. The van der Waals surface area contributed by atoms with E-state index in [1.165, 1.54) is 28.9 Å². The lowest BCUT2D eigenvalue weighted by Crippen LogP contribution is -2.24. The Morgan fingerprint density at radius 3 is 2.71 bits per heavy atom. The summed E-state index contributed by atoms with van der Waals surface area (Å²) in [6.45, 7) is 1.77. The van der Waals surface area contributed by atoms with Crippen molar-refractivity contribution in [2.24, 2.45) is 0 Å². The first kappa shape index (κ1) is 20.0. The topological polar surface area (TPSA) is 95.1 Å². The van der Waals surface area contributed by atoms with Crippen molar-refractivity contribution >= 4 is 35.0 Å². The van der Waals surface area contributed by atoms with Crippen molar-refractivity contribution in [3.63, 3.8) is 0 Å². The van der Waals surface area contributed by atoms with Gasteiger partial charge in [-0.3, -0.25) is 4.79 Å². The number of halogens is 2. The second-order valence-corrected chi connectivity index (χ2v) is 7.46. The molecule has 1 aromatic heterocycles. The first-order valence-corrected chi connectivity index (χ1v) is 9.49. The van der Waals surface area contributed by atoms with Crippen LogP contribution in [0.5, 0.6) is 5.75 Å². The molecule has 0 aliphatic carbocycles. The summed E-state index contributed by atoms with van der Waals surface area (Å²) < 4.78 is 19.7. The zero-order valence-electron chi connectivity index (χ0n) is 14.8. The SMILES string of the molecule is CC(Sc1nnc(COc2ccc(F)cc2)n1N)C(=O)Nc1ccccc1Cl. The van der Waals surface area contributed by atoms with E-state index >= 15 is 0 Å². The van der Waals surface area contributed by atoms with E-state index in [1.54, 1.807) is 31.2 Å². The largest absolute Gasteiger partial charge is 0.486 e. The van der Waals surface area contributed by atoms with Gasteiger partial charge in [0.05, 0.1) is 16.0 Å². The lowest BCUT2D eigenvalue weighted by molar-refractivity contribution is -0.115. The number of nitrogens with two attached hydrogens (primary N) is 1. The molecule has 0 spiro atoms. The lowest BCUT2D eigenvalue weighted by atomic mass is 10.3. The number of anilines is 1. The summed E-state index contributed by atoms with van der Waals surface area (Å²) >= 11 is 7.20. The number of nitrogens with one attached hydrogen (secondary N) is 1. The lowest BCUT2D eigenvalue weighted by Gasteiger charge is -2.12. The molecule has 28 heavy (non-hydrogen) atoms. The number of benzene rings is 2. The molecule has 0 aliphatic heterocycles. The number of nitrogens with zero attached hydrogens (tertiary/aromatic N) is 3. The van der Waals surface area contributed by atoms with Crippen LogP contribution in [0.4, 0.5) is 10.1 Å². The monoisotopic (exact) mass is 421 g/mol. The van der Waals surface area contributed by atoms with E-state index in [2.05, 4.69) is 15.5 Å². The third-order valence-electron chi connectivity index (χ3n) is 3.70. The number of ether oxygens (including phenoxy) is 1. The number of thioether (sulfide) groups is 1. The van der Waals surface area contributed by atoms with E-state index < -0.39 is 5.25 Å². The highest BCUT2D eigenvalue weighted by Gasteiger charge is 2.20. The van der Waals surface area contributed by atoms with Crippen molar-refractivity contribution in [1.29, 1.82) is 0 Å². The Labute approximate surface area is 170 Å². The fourth-order valence-corrected chi connectivity index (χ4v) is 3.15. The van der Waals surface area contributed by atoms with Crippen LogP contribution in [-0.2, 0) is 11.4 Å². The number of rotatable bonds is 7. The third-order valence-corrected chi connectivity index (χ3v) is 5.09. The fourth-order valence-electron chi connectivity index (χ4n) is 2.17. The third kappa shape index (κ3) is 4.93. The molecule has 1 heterocycles. The number of nitrogen functional groups attached to an aromatic ring is 1. The van der Waals surface area contributed by atoms with Gasteiger partial charge in [-0.2, -0.15) is 0 Å². The summed E-state index contributed by atoms with van der Waals surface area (Å²) in [6.07, 6.45) is 0. The second-order valence-electron chi connectivity index (χ2n) is 5.74. The summed E-state index contributed by atoms with van der Waals surface area (Å²) in [5.74, 6) is 6.24. The Kier molecular flexibility index (Phi) is 6.37. The highest BCUT2D eigenvalue weighted by molar-refractivity contribution is 8.00. The van der Waals surface area contributed by atoms with E-state index in [-0.39, 0.29) is 18.3 Å². The predicted molar refractivity (Wildman–Crippen MR) is 106 cm³/mol. The van der Waals surface area contributed by atoms with E-state index in [4.69, 9.17) is 22.2 Å². The van der Waals surface area contributed by atoms with Gasteiger partial charge in [-0.25, -0.2) is 9.07 Å². The molecular formula is C18H17ClFN5O2S. The number of amides is 1. The van der Waals surface area contributed by atoms with Crippen molar-refractivity contribution in [1.82, 2.24) is 14.9 Å². The van der Waals surface area contributed by atoms with Crippen LogP contribution in [0.3, 0.4) is 0 Å². The summed E-state index contributed by atoms with van der Waals surface area (Å²) in [4.78, 5) is 12.4. The number of para-hydroxylation sites is 1. The van der Waals surface area contributed by atoms with Gasteiger partial charge in [-0.15, -0.1) is 10.2 Å². The number of aromatic nitrogens is 3. The van der Waals surface area contributed by atoms with Gasteiger partial charge in [-0.1, -0.05) is 35.5 Å². The van der Waals surface area contributed by atoms with Gasteiger partial charge in [0.25, 0.3) is 0 Å². The standard InChI is InChI=1S/C18H17ClFN5O2S/c1-11(17(26)22-15-5-3-2-4-14(15)19)28-18-24-23-16(25(18)21)10-27-13-8-6-12(20)7-9-13/h2-9,11H,10,21H2,1H3,(H,22,26). The van der Waals surface area contributed by atoms with Crippen molar-refractivity contribution in [3.8, 4) is 5.75 Å². The van der Waals surface area contributed by atoms with Crippen LogP contribution in [0.15, 0.2) is 53.7 Å². The molecule has 10 heteroatoms. The number of hydrogen-bond donors (Lipinski definition) is 2. The van der Waals surface area contributed by atoms with Crippen LogP contribution in [0, 0.1) is 5.82 Å². The van der Waals surface area contributed by atoms with Gasteiger partial charge in [0.15, 0.2) is 5.82 Å². The second kappa shape index (κ2) is 8.94. The minimum absolute atomic E-state index is 0.0515. The van der Waals surface area contributed by atoms with E-state index in [0.29, 0.717) is 27.4 Å². The van der Waals surface area contributed by atoms with Gasteiger partial charge in [0, 0.05) is 0 Å². The predicted octanol–water partition coefficient (Wildman–Crippen LogP) is 3.48. The van der Waals surface area contributed by atoms with Crippen molar-refractivity contribution in [3.05, 3.63) is 65.2 Å². The molecular weight excluding hydrogens is 405 g/mol. The van der Waals surface area contributed by atoms with Crippen molar-refractivity contribution in [2.45, 2.75) is 23.9 Å². The molecule has 0 bridgehead atoms. The minimum atomic E-state index is -0.492. The van der Waals surface area contributed by atoms with E-state index in [9.17, 15) is 9.18 Å². The van der Waals surface area contributed by atoms with Crippen LogP contribution in [-0.4, -0.2) is 26.0 Å². The molecule has 0 aliphatic rings. The molecule has 2 aromatic carbocycles. The molecule has 0 saturated carbocycles. The van der Waals surface area contributed by atoms with Crippen LogP contribution in [0.1, 0.15) is 12.7 Å². The maximum atomic E-state index is 12.9. The van der Waals surface area contributed by atoms with Gasteiger partial charge in [-0.05, 0) is 43.3 Å². The Hall–Kier alpha value is -2.78. The van der Waals surface area contributed by atoms with E-state index in [0.717, 1.165) is 11.8 Å². The minimum Gasteiger partial charge on any atom is -0.486 e. The maximum absolute atomic E-state index is 12.9. The summed E-state index contributed by atoms with van der Waals surface area (Å²) in [5, 5.41) is 11.1. The highest BCUT2D eigenvalue weighted by atomic mass is 35.5. The molecule has 1 unspecified atom stereocenters. The zero-order chi connectivity index (χ0) is 20.1. The Morgan fingerprint density at radius 1 is 1.29 bits per heavy atom. The van der Waals surface area contributed by atoms with Gasteiger partial charge in [0.1, 0.15) is 18.2 Å². The molecule has 3 N–H and O–H groups in total. The number of hydrogen-bond acceptors (Lipinski definition) is 6. The first-order chi connectivity index (χ1) is 13.4. The zero-order valence-corrected chi connectivity index (χ0v) is 16.4. The van der Waals surface area contributed by atoms with Crippen molar-refractivity contribution < 1.29 is 13.9 Å². The average molecular weight is 422 g/mol.